The van der Waals surface area contributed by atoms with Gasteiger partial charge in [-0.15, -0.1) is 0 Å². The smallest absolute Gasteiger partial charge is 0.325 e. The summed E-state index contributed by atoms with van der Waals surface area (Å²) in [6, 6.07) is 14.9. The minimum absolute atomic E-state index is 0.0334. The fourth-order valence-corrected chi connectivity index (χ4v) is 5.25. The second kappa shape index (κ2) is 7.66. The van der Waals surface area contributed by atoms with Crippen molar-refractivity contribution >= 4 is 22.4 Å². The first-order valence-electron chi connectivity index (χ1n) is 10.7. The second-order valence-electron chi connectivity index (χ2n) is 8.47. The first kappa shape index (κ1) is 19.0. The fourth-order valence-electron chi connectivity index (χ4n) is 5.25. The maximum absolute atomic E-state index is 12.7. The van der Waals surface area contributed by atoms with Crippen molar-refractivity contribution in [3.63, 3.8) is 0 Å². The van der Waals surface area contributed by atoms with Crippen LogP contribution in [0.1, 0.15) is 38.2 Å². The zero-order valence-corrected chi connectivity index (χ0v) is 17.1. The van der Waals surface area contributed by atoms with E-state index < -0.39 is 0 Å². The second-order valence-corrected chi connectivity index (χ2v) is 8.47. The third-order valence-electron chi connectivity index (χ3n) is 6.74. The number of nitriles is 1. The number of fused-ring (bicyclic) bond motifs is 3. The van der Waals surface area contributed by atoms with Crippen molar-refractivity contribution < 1.29 is 9.53 Å². The maximum atomic E-state index is 12.7. The van der Waals surface area contributed by atoms with Crippen LogP contribution >= 0.6 is 0 Å². The van der Waals surface area contributed by atoms with Gasteiger partial charge in [-0.3, -0.25) is 4.79 Å². The van der Waals surface area contributed by atoms with Gasteiger partial charge in [-0.2, -0.15) is 5.26 Å². The Kier molecular flexibility index (Phi) is 4.84. The number of anilines is 1. The predicted octanol–water partition coefficient (Wildman–Crippen LogP) is 3.48. The molecule has 0 aromatic heterocycles. The Balaban J connectivity index is 1.34. The monoisotopic (exact) mass is 402 g/mol. The number of hydrogen-bond donors (Lipinski definition) is 1. The number of nitrogens with zero attached hydrogens (tertiary/aromatic N) is 3. The number of esters is 1. The lowest BCUT2D eigenvalue weighted by Crippen LogP contribution is -2.49. The SMILES string of the molecule is CC(C(=O)OC1CC2CCC(C1)N2c1ccc(C#N)c2ccccc12)N1CC=CN1. The standard InChI is InChI=1S/C24H26N4O2/c1-16(27-12-4-11-26-27)24(29)30-20-13-18-8-9-19(14-20)28(18)23-10-7-17(15-25)21-5-2-3-6-22(21)23/h2-7,10-11,16,18-20,26H,8-9,12-14H2,1H3. The van der Waals surface area contributed by atoms with Gasteiger partial charge in [0.2, 0.25) is 0 Å². The van der Waals surface area contributed by atoms with Gasteiger partial charge in [0.15, 0.2) is 0 Å². The molecule has 6 nitrogen and oxygen atoms in total. The topological polar surface area (TPSA) is 68.6 Å². The molecule has 2 bridgehead atoms. The van der Waals surface area contributed by atoms with Crippen LogP contribution < -0.4 is 10.3 Å². The van der Waals surface area contributed by atoms with Crippen molar-refractivity contribution in [2.45, 2.75) is 56.8 Å². The number of piperidine rings is 1. The maximum Gasteiger partial charge on any atom is 0.325 e. The number of benzene rings is 2. The first-order valence-corrected chi connectivity index (χ1v) is 10.7. The van der Waals surface area contributed by atoms with E-state index in [1.165, 1.54) is 5.69 Å². The molecule has 3 aliphatic heterocycles. The Labute approximate surface area is 176 Å². The average Bonchev–Trinajstić information content (AvgIpc) is 3.39. The van der Waals surface area contributed by atoms with Gasteiger partial charge in [0.1, 0.15) is 12.1 Å². The van der Waals surface area contributed by atoms with Crippen LogP contribution in [-0.4, -0.2) is 41.8 Å². The van der Waals surface area contributed by atoms with Crippen molar-refractivity contribution in [1.29, 1.82) is 5.26 Å². The van der Waals surface area contributed by atoms with Crippen molar-refractivity contribution in [2.75, 3.05) is 11.4 Å². The zero-order chi connectivity index (χ0) is 20.7. The van der Waals surface area contributed by atoms with Gasteiger partial charge in [-0.05, 0) is 31.9 Å². The van der Waals surface area contributed by atoms with E-state index in [9.17, 15) is 10.1 Å². The lowest BCUT2D eigenvalue weighted by atomic mass is 9.96. The normalized spacial score (nSPS) is 26.4. The van der Waals surface area contributed by atoms with Crippen LogP contribution in [0.3, 0.4) is 0 Å². The van der Waals surface area contributed by atoms with Gasteiger partial charge in [0.25, 0.3) is 0 Å². The van der Waals surface area contributed by atoms with E-state index in [1.54, 1.807) is 0 Å². The summed E-state index contributed by atoms with van der Waals surface area (Å²) < 4.78 is 5.94. The minimum Gasteiger partial charge on any atom is -0.461 e. The number of ether oxygens (including phenoxy) is 1. The number of carbonyl (C=O) groups is 1. The summed E-state index contributed by atoms with van der Waals surface area (Å²) in [4.78, 5) is 15.2. The molecule has 3 unspecified atom stereocenters. The van der Waals surface area contributed by atoms with E-state index in [1.807, 2.05) is 48.5 Å². The molecule has 6 heteroatoms. The molecule has 3 heterocycles. The molecule has 0 spiro atoms. The van der Waals surface area contributed by atoms with E-state index in [4.69, 9.17) is 4.74 Å². The van der Waals surface area contributed by atoms with Crippen LogP contribution in [0.15, 0.2) is 48.7 Å². The summed E-state index contributed by atoms with van der Waals surface area (Å²) in [5.74, 6) is -0.159. The number of carbonyl (C=O) groups excluding carboxylic acids is 1. The molecule has 2 fully saturated rings. The Hall–Kier alpha value is -3.04. The Morgan fingerprint density at radius 1 is 1.17 bits per heavy atom. The molecule has 0 saturated carbocycles. The van der Waals surface area contributed by atoms with E-state index in [2.05, 4.69) is 28.5 Å². The zero-order valence-electron chi connectivity index (χ0n) is 17.1. The highest BCUT2D eigenvalue weighted by molar-refractivity contribution is 5.98. The van der Waals surface area contributed by atoms with E-state index in [0.29, 0.717) is 24.2 Å². The Morgan fingerprint density at radius 3 is 2.57 bits per heavy atom. The molecule has 2 aromatic carbocycles. The molecule has 2 aromatic rings. The molecule has 154 valence electrons. The van der Waals surface area contributed by atoms with Crippen molar-refractivity contribution in [3.05, 3.63) is 54.2 Å². The average molecular weight is 402 g/mol. The van der Waals surface area contributed by atoms with E-state index in [0.717, 1.165) is 36.5 Å². The molecule has 0 radical (unpaired) electrons. The highest BCUT2D eigenvalue weighted by Crippen LogP contribution is 2.43. The van der Waals surface area contributed by atoms with E-state index >= 15 is 0 Å². The van der Waals surface area contributed by atoms with Crippen LogP contribution in [0.25, 0.3) is 10.8 Å². The summed E-state index contributed by atoms with van der Waals surface area (Å²) >= 11 is 0. The lowest BCUT2D eigenvalue weighted by Gasteiger charge is -2.41. The quantitative estimate of drug-likeness (QED) is 0.790. The van der Waals surface area contributed by atoms with Crippen LogP contribution in [0.5, 0.6) is 0 Å². The van der Waals surface area contributed by atoms with Crippen molar-refractivity contribution in [1.82, 2.24) is 10.4 Å². The Morgan fingerprint density at radius 2 is 1.90 bits per heavy atom. The summed E-state index contributed by atoms with van der Waals surface area (Å²) in [6.45, 7) is 2.60. The highest BCUT2D eigenvalue weighted by atomic mass is 16.5. The van der Waals surface area contributed by atoms with Gasteiger partial charge in [0.05, 0.1) is 11.6 Å². The van der Waals surface area contributed by atoms with Crippen LogP contribution in [-0.2, 0) is 9.53 Å². The molecule has 3 atom stereocenters. The molecule has 5 rings (SSSR count). The largest absolute Gasteiger partial charge is 0.461 e. The summed E-state index contributed by atoms with van der Waals surface area (Å²) in [7, 11) is 0. The number of rotatable bonds is 4. The molecule has 0 amide bonds. The van der Waals surface area contributed by atoms with Gasteiger partial charge in [0, 0.05) is 54.1 Å². The summed E-state index contributed by atoms with van der Waals surface area (Å²) in [5, 5.41) is 13.5. The van der Waals surface area contributed by atoms with Gasteiger partial charge in [-0.1, -0.05) is 30.3 Å². The van der Waals surface area contributed by atoms with Crippen LogP contribution in [0, 0.1) is 11.3 Å². The molecular formula is C24H26N4O2. The molecule has 0 aliphatic carbocycles. The third-order valence-corrected chi connectivity index (χ3v) is 6.74. The minimum atomic E-state index is -0.307. The van der Waals surface area contributed by atoms with E-state index in [-0.39, 0.29) is 18.1 Å². The molecular weight excluding hydrogens is 376 g/mol. The molecule has 2 saturated heterocycles. The van der Waals surface area contributed by atoms with Crippen molar-refractivity contribution in [3.8, 4) is 6.07 Å². The predicted molar refractivity (Wildman–Crippen MR) is 116 cm³/mol. The third kappa shape index (κ3) is 3.20. The Bertz CT molecular complexity index is 1020. The van der Waals surface area contributed by atoms with Crippen LogP contribution in [0.4, 0.5) is 5.69 Å². The molecule has 1 N–H and O–H groups in total. The van der Waals surface area contributed by atoms with Gasteiger partial charge < -0.3 is 15.1 Å². The number of hydrogen-bond acceptors (Lipinski definition) is 6. The lowest BCUT2D eigenvalue weighted by molar-refractivity contribution is -0.156. The number of nitrogens with one attached hydrogen (secondary N) is 1. The molecule has 3 aliphatic rings. The van der Waals surface area contributed by atoms with Gasteiger partial charge in [-0.25, -0.2) is 5.01 Å². The first-order chi connectivity index (χ1) is 14.7. The fraction of sp³-hybridized carbons (Fsp3) is 0.417. The van der Waals surface area contributed by atoms with Gasteiger partial charge >= 0.3 is 5.97 Å². The summed E-state index contributed by atoms with van der Waals surface area (Å²) in [5.41, 5.74) is 4.99. The van der Waals surface area contributed by atoms with Crippen LogP contribution in [0.2, 0.25) is 0 Å². The molecule has 30 heavy (non-hydrogen) atoms. The highest BCUT2D eigenvalue weighted by Gasteiger charge is 2.43. The van der Waals surface area contributed by atoms with Crippen molar-refractivity contribution in [2.24, 2.45) is 0 Å². The summed E-state index contributed by atoms with van der Waals surface area (Å²) in [6.07, 6.45) is 7.74. The number of hydrazine groups is 1.